The molecule has 0 aliphatic heterocycles. The SMILES string of the molecule is Nc1ncnc(NCc2cccnc2)c1N. The Morgan fingerprint density at radius 3 is 2.88 bits per heavy atom. The molecule has 0 saturated heterocycles. The van der Waals surface area contributed by atoms with E-state index < -0.39 is 0 Å². The van der Waals surface area contributed by atoms with Gasteiger partial charge in [-0.3, -0.25) is 4.98 Å². The van der Waals surface area contributed by atoms with E-state index in [-0.39, 0.29) is 5.82 Å². The Bertz CT molecular complexity index is 470. The van der Waals surface area contributed by atoms with Crippen molar-refractivity contribution in [1.29, 1.82) is 0 Å². The van der Waals surface area contributed by atoms with Crippen LogP contribution in [-0.4, -0.2) is 15.0 Å². The van der Waals surface area contributed by atoms with Crippen molar-refractivity contribution in [1.82, 2.24) is 15.0 Å². The van der Waals surface area contributed by atoms with Crippen LogP contribution in [0.3, 0.4) is 0 Å². The lowest BCUT2D eigenvalue weighted by molar-refractivity contribution is 1.07. The first-order valence-corrected chi connectivity index (χ1v) is 4.76. The van der Waals surface area contributed by atoms with Crippen molar-refractivity contribution in [2.24, 2.45) is 0 Å². The van der Waals surface area contributed by atoms with E-state index in [1.165, 1.54) is 6.33 Å². The Hall–Kier alpha value is -2.37. The molecule has 0 aromatic carbocycles. The van der Waals surface area contributed by atoms with E-state index in [0.717, 1.165) is 5.56 Å². The Morgan fingerprint density at radius 2 is 2.12 bits per heavy atom. The van der Waals surface area contributed by atoms with Crippen molar-refractivity contribution < 1.29 is 0 Å². The van der Waals surface area contributed by atoms with Gasteiger partial charge in [0.15, 0.2) is 11.6 Å². The summed E-state index contributed by atoms with van der Waals surface area (Å²) in [5.74, 6) is 0.819. The van der Waals surface area contributed by atoms with Gasteiger partial charge in [-0.05, 0) is 11.6 Å². The van der Waals surface area contributed by atoms with Crippen LogP contribution in [0.5, 0.6) is 0 Å². The van der Waals surface area contributed by atoms with Crippen molar-refractivity contribution in [3.63, 3.8) is 0 Å². The number of pyridine rings is 1. The lowest BCUT2D eigenvalue weighted by Gasteiger charge is -2.08. The van der Waals surface area contributed by atoms with Gasteiger partial charge < -0.3 is 16.8 Å². The summed E-state index contributed by atoms with van der Waals surface area (Å²) in [6.45, 7) is 0.592. The number of nitrogens with two attached hydrogens (primary N) is 2. The number of nitrogens with one attached hydrogen (secondary N) is 1. The monoisotopic (exact) mass is 216 g/mol. The van der Waals surface area contributed by atoms with E-state index in [1.54, 1.807) is 12.4 Å². The number of rotatable bonds is 3. The van der Waals surface area contributed by atoms with Crippen LogP contribution in [0.15, 0.2) is 30.9 Å². The highest BCUT2D eigenvalue weighted by molar-refractivity contribution is 5.72. The van der Waals surface area contributed by atoms with Gasteiger partial charge in [-0.2, -0.15) is 0 Å². The zero-order valence-electron chi connectivity index (χ0n) is 8.59. The minimum atomic E-state index is 0.281. The molecule has 16 heavy (non-hydrogen) atoms. The van der Waals surface area contributed by atoms with Gasteiger partial charge >= 0.3 is 0 Å². The van der Waals surface area contributed by atoms with Gasteiger partial charge in [0.25, 0.3) is 0 Å². The van der Waals surface area contributed by atoms with E-state index in [2.05, 4.69) is 20.3 Å². The van der Waals surface area contributed by atoms with Crippen LogP contribution in [-0.2, 0) is 6.54 Å². The third-order valence-corrected chi connectivity index (χ3v) is 2.10. The molecule has 0 fully saturated rings. The third kappa shape index (κ3) is 2.17. The molecule has 0 unspecified atom stereocenters. The van der Waals surface area contributed by atoms with Crippen LogP contribution < -0.4 is 16.8 Å². The summed E-state index contributed by atoms with van der Waals surface area (Å²) in [5, 5.41) is 3.07. The van der Waals surface area contributed by atoms with Gasteiger partial charge in [-0.25, -0.2) is 9.97 Å². The van der Waals surface area contributed by atoms with Gasteiger partial charge in [0.05, 0.1) is 0 Å². The predicted molar refractivity (Wildman–Crippen MR) is 62.4 cm³/mol. The maximum Gasteiger partial charge on any atom is 0.155 e. The third-order valence-electron chi connectivity index (χ3n) is 2.10. The molecule has 0 aliphatic carbocycles. The molecule has 0 bridgehead atoms. The fourth-order valence-electron chi connectivity index (χ4n) is 1.24. The van der Waals surface area contributed by atoms with Crippen LogP contribution in [0.25, 0.3) is 0 Å². The van der Waals surface area contributed by atoms with Gasteiger partial charge in [0.1, 0.15) is 12.0 Å². The van der Waals surface area contributed by atoms with Crippen LogP contribution in [0.4, 0.5) is 17.3 Å². The molecule has 0 saturated carbocycles. The maximum absolute atomic E-state index is 5.72. The summed E-state index contributed by atoms with van der Waals surface area (Å²) >= 11 is 0. The second-order valence-electron chi connectivity index (χ2n) is 3.24. The van der Waals surface area contributed by atoms with E-state index in [4.69, 9.17) is 11.5 Å². The molecule has 2 aromatic heterocycles. The van der Waals surface area contributed by atoms with Crippen molar-refractivity contribution in [2.45, 2.75) is 6.54 Å². The molecule has 6 nitrogen and oxygen atoms in total. The van der Waals surface area contributed by atoms with Gasteiger partial charge in [-0.15, -0.1) is 0 Å². The summed E-state index contributed by atoms with van der Waals surface area (Å²) in [6, 6.07) is 3.83. The quantitative estimate of drug-likeness (QED) is 0.696. The first-order valence-electron chi connectivity index (χ1n) is 4.76. The number of nitrogen functional groups attached to an aromatic ring is 2. The molecule has 2 heterocycles. The minimum Gasteiger partial charge on any atom is -0.393 e. The fourth-order valence-corrected chi connectivity index (χ4v) is 1.24. The summed E-state index contributed by atoms with van der Waals surface area (Å²) in [6.07, 6.45) is 4.87. The Balaban J connectivity index is 2.08. The molecule has 0 spiro atoms. The zero-order valence-corrected chi connectivity index (χ0v) is 8.59. The minimum absolute atomic E-state index is 0.281. The molecular formula is C10H12N6. The smallest absolute Gasteiger partial charge is 0.155 e. The number of hydrogen-bond acceptors (Lipinski definition) is 6. The number of hydrogen-bond donors (Lipinski definition) is 3. The van der Waals surface area contributed by atoms with Crippen LogP contribution in [0.2, 0.25) is 0 Å². The number of aromatic nitrogens is 3. The lowest BCUT2D eigenvalue weighted by atomic mass is 10.3. The molecule has 0 aliphatic rings. The molecule has 0 amide bonds. The molecule has 82 valence electrons. The first-order chi connectivity index (χ1) is 7.77. The van der Waals surface area contributed by atoms with Gasteiger partial charge in [-0.1, -0.05) is 6.07 Å². The second kappa shape index (κ2) is 4.43. The summed E-state index contributed by atoms with van der Waals surface area (Å²) in [4.78, 5) is 11.8. The predicted octanol–water partition coefficient (Wildman–Crippen LogP) is 0.648. The zero-order chi connectivity index (χ0) is 11.4. The number of anilines is 3. The van der Waals surface area contributed by atoms with Crippen LogP contribution >= 0.6 is 0 Å². The topological polar surface area (TPSA) is 103 Å². The standard InChI is InChI=1S/C10H12N6/c11-8-9(12)15-6-16-10(8)14-5-7-2-1-3-13-4-7/h1-4,6H,5,11H2,(H3,12,14,15,16). The Kier molecular flexibility index (Phi) is 2.81. The Labute approximate surface area is 92.7 Å². The molecule has 2 aromatic rings. The van der Waals surface area contributed by atoms with E-state index in [0.29, 0.717) is 18.1 Å². The highest BCUT2D eigenvalue weighted by Gasteiger charge is 2.04. The molecule has 5 N–H and O–H groups in total. The maximum atomic E-state index is 5.72. The van der Waals surface area contributed by atoms with E-state index in [1.807, 2.05) is 12.1 Å². The van der Waals surface area contributed by atoms with Crippen LogP contribution in [0.1, 0.15) is 5.56 Å². The second-order valence-corrected chi connectivity index (χ2v) is 3.24. The first kappa shape index (κ1) is 10.2. The van der Waals surface area contributed by atoms with Gasteiger partial charge in [0.2, 0.25) is 0 Å². The average Bonchev–Trinajstić information content (AvgIpc) is 2.32. The van der Waals surface area contributed by atoms with E-state index >= 15 is 0 Å². The fraction of sp³-hybridized carbons (Fsp3) is 0.100. The summed E-state index contributed by atoms with van der Waals surface area (Å²) < 4.78 is 0. The lowest BCUT2D eigenvalue weighted by Crippen LogP contribution is -2.07. The number of nitrogens with zero attached hydrogens (tertiary/aromatic N) is 3. The molecule has 0 atom stereocenters. The molecule has 6 heteroatoms. The van der Waals surface area contributed by atoms with Crippen molar-refractivity contribution in [2.75, 3.05) is 16.8 Å². The highest BCUT2D eigenvalue weighted by atomic mass is 15.1. The highest BCUT2D eigenvalue weighted by Crippen LogP contribution is 2.19. The Morgan fingerprint density at radius 1 is 1.25 bits per heavy atom. The van der Waals surface area contributed by atoms with E-state index in [9.17, 15) is 0 Å². The van der Waals surface area contributed by atoms with Crippen molar-refractivity contribution in [3.8, 4) is 0 Å². The van der Waals surface area contributed by atoms with Crippen molar-refractivity contribution in [3.05, 3.63) is 36.4 Å². The molecule has 2 rings (SSSR count). The van der Waals surface area contributed by atoms with Crippen molar-refractivity contribution >= 4 is 17.3 Å². The van der Waals surface area contributed by atoms with Gasteiger partial charge in [0, 0.05) is 18.9 Å². The summed E-state index contributed by atoms with van der Waals surface area (Å²) in [7, 11) is 0. The molecular weight excluding hydrogens is 204 g/mol. The molecule has 0 radical (unpaired) electrons. The normalized spacial score (nSPS) is 10.0. The average molecular weight is 216 g/mol. The summed E-state index contributed by atoms with van der Waals surface area (Å²) in [5.41, 5.74) is 12.7. The largest absolute Gasteiger partial charge is 0.393 e. The van der Waals surface area contributed by atoms with Crippen LogP contribution in [0, 0.1) is 0 Å².